The summed E-state index contributed by atoms with van der Waals surface area (Å²) in [6.45, 7) is 0. The number of ether oxygens (including phenoxy) is 2. The van der Waals surface area contributed by atoms with E-state index in [4.69, 9.17) is 9.47 Å². The number of alkyl halides is 3. The van der Waals surface area contributed by atoms with Crippen LogP contribution in [0.2, 0.25) is 0 Å². The molecule has 0 saturated carbocycles. The van der Waals surface area contributed by atoms with Gasteiger partial charge in [0.1, 0.15) is 5.69 Å². The maximum absolute atomic E-state index is 12.8. The molecule has 2 aromatic heterocycles. The molecule has 6 nitrogen and oxygen atoms in total. The zero-order valence-corrected chi connectivity index (χ0v) is 13.3. The van der Waals surface area contributed by atoms with Crippen LogP contribution in [0.25, 0.3) is 17.1 Å². The molecule has 3 aromatic rings. The van der Waals surface area contributed by atoms with Crippen molar-refractivity contribution in [1.82, 2.24) is 19.7 Å². The molecule has 25 heavy (non-hydrogen) atoms. The van der Waals surface area contributed by atoms with Crippen LogP contribution >= 0.6 is 0 Å². The number of hydrogen-bond acceptors (Lipinski definition) is 5. The summed E-state index contributed by atoms with van der Waals surface area (Å²) in [7, 11) is 3.04. The van der Waals surface area contributed by atoms with Crippen molar-refractivity contribution in [1.29, 1.82) is 0 Å². The van der Waals surface area contributed by atoms with Gasteiger partial charge in [-0.1, -0.05) is 6.07 Å². The van der Waals surface area contributed by atoms with Crippen molar-refractivity contribution in [2.24, 2.45) is 0 Å². The molecule has 130 valence electrons. The molecule has 0 fully saturated rings. The average Bonchev–Trinajstić information content (AvgIpc) is 3.10. The van der Waals surface area contributed by atoms with Gasteiger partial charge in [0.25, 0.3) is 5.95 Å². The second kappa shape index (κ2) is 6.42. The van der Waals surface area contributed by atoms with Crippen molar-refractivity contribution >= 4 is 0 Å². The van der Waals surface area contributed by atoms with Gasteiger partial charge in [0.15, 0.2) is 11.5 Å². The minimum absolute atomic E-state index is 0.165. The van der Waals surface area contributed by atoms with E-state index >= 15 is 0 Å². The van der Waals surface area contributed by atoms with E-state index < -0.39 is 11.9 Å². The van der Waals surface area contributed by atoms with Gasteiger partial charge in [0, 0.05) is 18.0 Å². The fourth-order valence-corrected chi connectivity index (χ4v) is 2.21. The standard InChI is InChI=1S/C16H13F3N4O2/c1-24-12-4-3-10(7-13(12)25-2)11-8-21-23(9-11)15-20-6-5-14(22-15)16(17,18)19/h3-9H,1-2H3. The van der Waals surface area contributed by atoms with Gasteiger partial charge >= 0.3 is 6.18 Å². The molecule has 0 aliphatic carbocycles. The summed E-state index contributed by atoms with van der Waals surface area (Å²) in [5, 5.41) is 4.04. The summed E-state index contributed by atoms with van der Waals surface area (Å²) in [6, 6.07) is 6.07. The maximum Gasteiger partial charge on any atom is 0.433 e. The molecular formula is C16H13F3N4O2. The van der Waals surface area contributed by atoms with E-state index in [0.29, 0.717) is 17.1 Å². The molecule has 0 saturated heterocycles. The first-order valence-electron chi connectivity index (χ1n) is 7.10. The lowest BCUT2D eigenvalue weighted by molar-refractivity contribution is -0.141. The van der Waals surface area contributed by atoms with Crippen molar-refractivity contribution in [3.05, 3.63) is 48.5 Å². The monoisotopic (exact) mass is 350 g/mol. The van der Waals surface area contributed by atoms with Crippen molar-refractivity contribution in [3.8, 4) is 28.6 Å². The van der Waals surface area contributed by atoms with Crippen LogP contribution in [-0.2, 0) is 6.18 Å². The Balaban J connectivity index is 1.96. The van der Waals surface area contributed by atoms with Crippen molar-refractivity contribution < 1.29 is 22.6 Å². The number of methoxy groups -OCH3 is 2. The van der Waals surface area contributed by atoms with Gasteiger partial charge < -0.3 is 9.47 Å². The van der Waals surface area contributed by atoms with E-state index in [2.05, 4.69) is 15.1 Å². The fraction of sp³-hybridized carbons (Fsp3) is 0.188. The summed E-state index contributed by atoms with van der Waals surface area (Å²) < 4.78 is 49.9. The predicted molar refractivity (Wildman–Crippen MR) is 82.7 cm³/mol. The fourth-order valence-electron chi connectivity index (χ4n) is 2.21. The Morgan fingerprint density at radius 3 is 2.44 bits per heavy atom. The van der Waals surface area contributed by atoms with Gasteiger partial charge in [-0.15, -0.1) is 0 Å². The highest BCUT2D eigenvalue weighted by atomic mass is 19.4. The van der Waals surface area contributed by atoms with E-state index in [1.54, 1.807) is 18.2 Å². The molecule has 9 heteroatoms. The number of nitrogens with zero attached hydrogens (tertiary/aromatic N) is 4. The number of benzene rings is 1. The molecular weight excluding hydrogens is 337 g/mol. The van der Waals surface area contributed by atoms with Gasteiger partial charge in [-0.3, -0.25) is 0 Å². The Morgan fingerprint density at radius 1 is 1.00 bits per heavy atom. The highest BCUT2D eigenvalue weighted by Crippen LogP contribution is 2.32. The molecule has 0 amide bonds. The largest absolute Gasteiger partial charge is 0.493 e. The lowest BCUT2D eigenvalue weighted by Crippen LogP contribution is -2.11. The minimum Gasteiger partial charge on any atom is -0.493 e. The second-order valence-corrected chi connectivity index (χ2v) is 4.98. The van der Waals surface area contributed by atoms with Crippen molar-refractivity contribution in [2.75, 3.05) is 14.2 Å². The van der Waals surface area contributed by atoms with Crippen LogP contribution in [0.3, 0.4) is 0 Å². The molecule has 3 rings (SSSR count). The number of halogens is 3. The molecule has 0 unspecified atom stereocenters. The maximum atomic E-state index is 12.8. The molecule has 0 N–H and O–H groups in total. The zero-order valence-electron chi connectivity index (χ0n) is 13.3. The Morgan fingerprint density at radius 2 is 1.76 bits per heavy atom. The molecule has 0 radical (unpaired) electrons. The molecule has 2 heterocycles. The van der Waals surface area contributed by atoms with Crippen LogP contribution in [0, 0.1) is 0 Å². The van der Waals surface area contributed by atoms with Crippen molar-refractivity contribution in [2.45, 2.75) is 6.18 Å². The lowest BCUT2D eigenvalue weighted by atomic mass is 10.1. The summed E-state index contributed by atoms with van der Waals surface area (Å²) in [6.07, 6.45) is -0.457. The van der Waals surface area contributed by atoms with Crippen LogP contribution in [0.5, 0.6) is 11.5 Å². The Labute approximate surface area is 140 Å². The highest BCUT2D eigenvalue weighted by Gasteiger charge is 2.33. The van der Waals surface area contributed by atoms with Gasteiger partial charge in [-0.25, -0.2) is 14.6 Å². The van der Waals surface area contributed by atoms with E-state index in [1.807, 2.05) is 0 Å². The molecule has 0 atom stereocenters. The molecule has 0 aliphatic rings. The summed E-state index contributed by atoms with van der Waals surface area (Å²) in [5.41, 5.74) is 0.401. The Hall–Kier alpha value is -3.10. The first kappa shape index (κ1) is 16.7. The Kier molecular flexibility index (Phi) is 4.30. The summed E-state index contributed by atoms with van der Waals surface area (Å²) >= 11 is 0. The molecule has 1 aromatic carbocycles. The average molecular weight is 350 g/mol. The minimum atomic E-state index is -4.54. The normalized spacial score (nSPS) is 11.4. The predicted octanol–water partition coefficient (Wildman–Crippen LogP) is 3.37. The van der Waals surface area contributed by atoms with Crippen LogP contribution in [-0.4, -0.2) is 34.0 Å². The van der Waals surface area contributed by atoms with Crippen LogP contribution < -0.4 is 9.47 Å². The van der Waals surface area contributed by atoms with Crippen LogP contribution in [0.15, 0.2) is 42.9 Å². The lowest BCUT2D eigenvalue weighted by Gasteiger charge is -2.08. The number of aromatic nitrogens is 4. The van der Waals surface area contributed by atoms with Crippen LogP contribution in [0.1, 0.15) is 5.69 Å². The van der Waals surface area contributed by atoms with E-state index in [-0.39, 0.29) is 5.95 Å². The second-order valence-electron chi connectivity index (χ2n) is 4.98. The van der Waals surface area contributed by atoms with E-state index in [9.17, 15) is 13.2 Å². The first-order valence-corrected chi connectivity index (χ1v) is 7.10. The third-order valence-electron chi connectivity index (χ3n) is 3.44. The Bertz CT molecular complexity index is 893. The SMILES string of the molecule is COc1ccc(-c2cnn(-c3nccc(C(F)(F)F)n3)c2)cc1OC. The third kappa shape index (κ3) is 3.39. The topological polar surface area (TPSA) is 62.1 Å². The van der Waals surface area contributed by atoms with Gasteiger partial charge in [0.05, 0.1) is 20.4 Å². The van der Waals surface area contributed by atoms with Gasteiger partial charge in [-0.2, -0.15) is 18.3 Å². The summed E-state index contributed by atoms with van der Waals surface area (Å²) in [5.74, 6) is 0.935. The quantitative estimate of drug-likeness (QED) is 0.722. The number of hydrogen-bond donors (Lipinski definition) is 0. The van der Waals surface area contributed by atoms with Crippen LogP contribution in [0.4, 0.5) is 13.2 Å². The van der Waals surface area contributed by atoms with Crippen molar-refractivity contribution in [3.63, 3.8) is 0 Å². The zero-order chi connectivity index (χ0) is 18.0. The molecule has 0 bridgehead atoms. The summed E-state index contributed by atoms with van der Waals surface area (Å²) in [4.78, 5) is 7.34. The smallest absolute Gasteiger partial charge is 0.433 e. The van der Waals surface area contributed by atoms with Gasteiger partial charge in [-0.05, 0) is 23.8 Å². The highest BCUT2D eigenvalue weighted by molar-refractivity contribution is 5.66. The molecule has 0 spiro atoms. The first-order chi connectivity index (χ1) is 11.9. The van der Waals surface area contributed by atoms with Gasteiger partial charge in [0.2, 0.25) is 0 Å². The van der Waals surface area contributed by atoms with E-state index in [1.165, 1.54) is 31.3 Å². The number of rotatable bonds is 4. The molecule has 0 aliphatic heterocycles. The van der Waals surface area contributed by atoms with E-state index in [0.717, 1.165) is 17.8 Å². The third-order valence-corrected chi connectivity index (χ3v) is 3.44.